The monoisotopic (exact) mass is 476 g/mol. The van der Waals surface area contributed by atoms with Gasteiger partial charge in [-0.1, -0.05) is 35.3 Å². The standard InChI is InChI=1S/C19H14Cl2F4N4O2/c20-13-2-1-3-15(17(13)21)29-12(7-16(28-29)19(23,24)25)8-26-18(31)27-11-5-4-10(9-30)14(22)6-11/h1-7,30H,8-9H2,(H2,26,27,31). The fourth-order valence-corrected chi connectivity index (χ4v) is 3.02. The molecule has 0 aliphatic carbocycles. The lowest BCUT2D eigenvalue weighted by molar-refractivity contribution is -0.141. The van der Waals surface area contributed by atoms with Gasteiger partial charge in [-0.3, -0.25) is 0 Å². The molecule has 3 rings (SSSR count). The van der Waals surface area contributed by atoms with Crippen LogP contribution in [0.3, 0.4) is 0 Å². The summed E-state index contributed by atoms with van der Waals surface area (Å²) < 4.78 is 54.2. The van der Waals surface area contributed by atoms with Crippen molar-refractivity contribution in [2.24, 2.45) is 0 Å². The van der Waals surface area contributed by atoms with Gasteiger partial charge >= 0.3 is 12.2 Å². The van der Waals surface area contributed by atoms with Crippen molar-refractivity contribution in [2.45, 2.75) is 19.3 Å². The van der Waals surface area contributed by atoms with Gasteiger partial charge in [-0.05, 0) is 30.3 Å². The highest BCUT2D eigenvalue weighted by atomic mass is 35.5. The summed E-state index contributed by atoms with van der Waals surface area (Å²) in [6, 6.07) is 8.02. The zero-order valence-electron chi connectivity index (χ0n) is 15.5. The maximum atomic E-state index is 13.7. The first-order valence-corrected chi connectivity index (χ1v) is 9.40. The van der Waals surface area contributed by atoms with E-state index < -0.39 is 30.3 Å². The molecule has 0 fully saturated rings. The first kappa shape index (κ1) is 22.9. The van der Waals surface area contributed by atoms with Crippen LogP contribution in [0, 0.1) is 5.82 Å². The zero-order chi connectivity index (χ0) is 22.8. The number of hydrogen-bond acceptors (Lipinski definition) is 3. The van der Waals surface area contributed by atoms with Gasteiger partial charge in [0.15, 0.2) is 5.69 Å². The quantitative estimate of drug-likeness (QED) is 0.445. The number of carbonyl (C=O) groups excluding carboxylic acids is 1. The molecule has 1 heterocycles. The molecule has 12 heteroatoms. The number of aliphatic hydroxyl groups is 1. The summed E-state index contributed by atoms with van der Waals surface area (Å²) in [7, 11) is 0. The fraction of sp³-hybridized carbons (Fsp3) is 0.158. The van der Waals surface area contributed by atoms with Crippen LogP contribution in [-0.4, -0.2) is 20.9 Å². The number of amides is 2. The van der Waals surface area contributed by atoms with Crippen molar-refractivity contribution >= 4 is 34.9 Å². The van der Waals surface area contributed by atoms with Crippen molar-refractivity contribution in [3.05, 3.63) is 75.3 Å². The van der Waals surface area contributed by atoms with E-state index in [-0.39, 0.29) is 39.2 Å². The van der Waals surface area contributed by atoms with E-state index in [0.29, 0.717) is 0 Å². The molecule has 0 spiro atoms. The van der Waals surface area contributed by atoms with Gasteiger partial charge in [-0.15, -0.1) is 0 Å². The molecule has 0 aliphatic heterocycles. The van der Waals surface area contributed by atoms with Crippen LogP contribution in [0.5, 0.6) is 0 Å². The van der Waals surface area contributed by atoms with Crippen molar-refractivity contribution < 1.29 is 27.5 Å². The van der Waals surface area contributed by atoms with Crippen LogP contribution in [0.25, 0.3) is 5.69 Å². The van der Waals surface area contributed by atoms with Crippen LogP contribution >= 0.6 is 23.2 Å². The van der Waals surface area contributed by atoms with E-state index in [2.05, 4.69) is 15.7 Å². The van der Waals surface area contributed by atoms with Crippen LogP contribution in [0.2, 0.25) is 10.0 Å². The molecule has 0 radical (unpaired) electrons. The highest BCUT2D eigenvalue weighted by Crippen LogP contribution is 2.33. The Morgan fingerprint density at radius 3 is 2.55 bits per heavy atom. The van der Waals surface area contributed by atoms with E-state index in [1.807, 2.05) is 0 Å². The SMILES string of the molecule is O=C(NCc1cc(C(F)(F)F)nn1-c1cccc(Cl)c1Cl)Nc1ccc(CO)c(F)c1. The summed E-state index contributed by atoms with van der Waals surface area (Å²) in [5.41, 5.74) is -0.957. The first-order chi connectivity index (χ1) is 14.6. The molecule has 0 bridgehead atoms. The number of benzene rings is 2. The van der Waals surface area contributed by atoms with Gasteiger partial charge in [0, 0.05) is 11.3 Å². The lowest BCUT2D eigenvalue weighted by Gasteiger charge is -2.12. The predicted octanol–water partition coefficient (Wildman–Crippen LogP) is 5.15. The van der Waals surface area contributed by atoms with E-state index in [1.54, 1.807) is 0 Å². The number of nitrogens with zero attached hydrogens (tertiary/aromatic N) is 2. The first-order valence-electron chi connectivity index (χ1n) is 8.65. The summed E-state index contributed by atoms with van der Waals surface area (Å²) >= 11 is 12.0. The number of aliphatic hydroxyl groups excluding tert-OH is 1. The van der Waals surface area contributed by atoms with E-state index >= 15 is 0 Å². The largest absolute Gasteiger partial charge is 0.435 e. The lowest BCUT2D eigenvalue weighted by atomic mass is 10.2. The highest BCUT2D eigenvalue weighted by molar-refractivity contribution is 6.43. The zero-order valence-corrected chi connectivity index (χ0v) is 17.0. The molecule has 2 aromatic carbocycles. The molecule has 0 atom stereocenters. The molecule has 2 amide bonds. The van der Waals surface area contributed by atoms with Crippen LogP contribution in [0.4, 0.5) is 28.0 Å². The summed E-state index contributed by atoms with van der Waals surface area (Å²) in [6.45, 7) is -0.856. The fourth-order valence-electron chi connectivity index (χ4n) is 2.65. The van der Waals surface area contributed by atoms with Crippen molar-refractivity contribution in [3.8, 4) is 5.69 Å². The van der Waals surface area contributed by atoms with Gasteiger partial charge < -0.3 is 15.7 Å². The molecule has 3 N–H and O–H groups in total. The van der Waals surface area contributed by atoms with E-state index in [4.69, 9.17) is 28.3 Å². The molecule has 1 aromatic heterocycles. The van der Waals surface area contributed by atoms with Crippen LogP contribution in [0.1, 0.15) is 17.0 Å². The van der Waals surface area contributed by atoms with Gasteiger partial charge in [-0.2, -0.15) is 18.3 Å². The summed E-state index contributed by atoms with van der Waals surface area (Å²) in [4.78, 5) is 12.1. The van der Waals surface area contributed by atoms with E-state index in [1.165, 1.54) is 30.3 Å². The van der Waals surface area contributed by atoms with Gasteiger partial charge in [-0.25, -0.2) is 13.9 Å². The average Bonchev–Trinajstić information content (AvgIpc) is 3.13. The molecule has 6 nitrogen and oxygen atoms in total. The Kier molecular flexibility index (Phi) is 6.73. The Balaban J connectivity index is 1.82. The Morgan fingerprint density at radius 2 is 1.90 bits per heavy atom. The maximum absolute atomic E-state index is 13.7. The second-order valence-corrected chi connectivity index (χ2v) is 7.06. The topological polar surface area (TPSA) is 79.2 Å². The lowest BCUT2D eigenvalue weighted by Crippen LogP contribution is -2.29. The van der Waals surface area contributed by atoms with E-state index in [0.717, 1.165) is 16.8 Å². The smallest absolute Gasteiger partial charge is 0.392 e. The highest BCUT2D eigenvalue weighted by Gasteiger charge is 2.35. The number of aromatic nitrogens is 2. The summed E-state index contributed by atoms with van der Waals surface area (Å²) in [5, 5.41) is 17.4. The number of halogens is 6. The maximum Gasteiger partial charge on any atom is 0.435 e. The molecule has 3 aromatic rings. The predicted molar refractivity (Wildman–Crippen MR) is 107 cm³/mol. The summed E-state index contributed by atoms with van der Waals surface area (Å²) in [6.07, 6.45) is -4.72. The van der Waals surface area contributed by atoms with Crippen molar-refractivity contribution in [3.63, 3.8) is 0 Å². The Bertz CT molecular complexity index is 1120. The third-order valence-corrected chi connectivity index (χ3v) is 4.95. The van der Waals surface area contributed by atoms with E-state index in [9.17, 15) is 22.4 Å². The number of nitrogens with one attached hydrogen (secondary N) is 2. The Morgan fingerprint density at radius 1 is 1.16 bits per heavy atom. The third-order valence-electron chi connectivity index (χ3n) is 4.14. The average molecular weight is 477 g/mol. The molecular formula is C19H14Cl2F4N4O2. The van der Waals surface area contributed by atoms with Crippen molar-refractivity contribution in [1.82, 2.24) is 15.1 Å². The number of rotatable bonds is 5. The number of alkyl halides is 3. The van der Waals surface area contributed by atoms with Gasteiger partial charge in [0.05, 0.1) is 34.6 Å². The molecule has 0 saturated heterocycles. The Labute approximate surface area is 183 Å². The van der Waals surface area contributed by atoms with Crippen LogP contribution in [0.15, 0.2) is 42.5 Å². The van der Waals surface area contributed by atoms with Gasteiger partial charge in [0.25, 0.3) is 0 Å². The molecule has 31 heavy (non-hydrogen) atoms. The summed E-state index contributed by atoms with van der Waals surface area (Å²) in [5.74, 6) is -0.719. The minimum atomic E-state index is -4.72. The molecule has 0 saturated carbocycles. The normalized spacial score (nSPS) is 11.5. The van der Waals surface area contributed by atoms with Gasteiger partial charge in [0.1, 0.15) is 5.82 Å². The number of urea groups is 1. The molecule has 0 aliphatic rings. The molecule has 0 unspecified atom stereocenters. The van der Waals surface area contributed by atoms with Gasteiger partial charge in [0.2, 0.25) is 0 Å². The second-order valence-electron chi connectivity index (χ2n) is 6.28. The van der Waals surface area contributed by atoms with Crippen molar-refractivity contribution in [1.29, 1.82) is 0 Å². The van der Waals surface area contributed by atoms with Crippen LogP contribution in [-0.2, 0) is 19.3 Å². The minimum absolute atomic E-state index is 0.00820. The van der Waals surface area contributed by atoms with Crippen molar-refractivity contribution in [2.75, 3.05) is 5.32 Å². The number of anilines is 1. The molecular weight excluding hydrogens is 463 g/mol. The second kappa shape index (κ2) is 9.13. The Hall–Kier alpha value is -2.82. The third kappa shape index (κ3) is 5.27. The number of hydrogen-bond donors (Lipinski definition) is 3. The molecule has 164 valence electrons. The number of carbonyl (C=O) groups is 1. The van der Waals surface area contributed by atoms with Crippen LogP contribution < -0.4 is 10.6 Å². The minimum Gasteiger partial charge on any atom is -0.392 e.